The first-order valence-electron chi connectivity index (χ1n) is 11.2. The predicted octanol–water partition coefficient (Wildman–Crippen LogP) is 6.65. The zero-order valence-corrected chi connectivity index (χ0v) is 20.9. The molecule has 0 aliphatic heterocycles. The zero-order chi connectivity index (χ0) is 24.9. The maximum absolute atomic E-state index is 13.0. The highest BCUT2D eigenvalue weighted by atomic mass is 35.5. The highest BCUT2D eigenvalue weighted by Gasteiger charge is 2.35. The van der Waals surface area contributed by atoms with E-state index >= 15 is 0 Å². The van der Waals surface area contributed by atoms with Crippen LogP contribution in [0.4, 0.5) is 13.2 Å². The van der Waals surface area contributed by atoms with E-state index in [-0.39, 0.29) is 15.7 Å². The predicted molar refractivity (Wildman–Crippen MR) is 130 cm³/mol. The molecule has 1 aromatic heterocycles. The number of hydrogen-bond acceptors (Lipinski definition) is 2. The number of alkyl halides is 3. The first-order valence-corrected chi connectivity index (χ1v) is 13.1. The molecule has 1 saturated carbocycles. The van der Waals surface area contributed by atoms with E-state index in [1.165, 1.54) is 6.07 Å². The number of benzene rings is 2. The van der Waals surface area contributed by atoms with Gasteiger partial charge in [0.05, 0.1) is 10.8 Å². The lowest BCUT2D eigenvalue weighted by atomic mass is 9.96. The fourth-order valence-electron chi connectivity index (χ4n) is 4.13. The standard InChI is InChI=1S/C25H28ClF3N2O2S/c1-24(2,3)15-31-14-17(10-11-30-34(32,33)19-6-7-19)21-8-4-16(12-23(21)31)20-9-5-18(13-22(20)26)25(27,28)29/h4-5,8-9,12-14,19,30H,6-7,10-11,15H2,1-3H3. The molecule has 1 fully saturated rings. The number of nitrogens with zero attached hydrogens (tertiary/aromatic N) is 1. The summed E-state index contributed by atoms with van der Waals surface area (Å²) in [7, 11) is -3.25. The molecule has 0 spiro atoms. The highest BCUT2D eigenvalue weighted by Crippen LogP contribution is 2.37. The van der Waals surface area contributed by atoms with E-state index in [4.69, 9.17) is 11.6 Å². The topological polar surface area (TPSA) is 51.1 Å². The zero-order valence-electron chi connectivity index (χ0n) is 19.3. The van der Waals surface area contributed by atoms with Crippen LogP contribution in [0.2, 0.25) is 5.02 Å². The lowest BCUT2D eigenvalue weighted by Crippen LogP contribution is -2.29. The van der Waals surface area contributed by atoms with Crippen molar-refractivity contribution >= 4 is 32.5 Å². The monoisotopic (exact) mass is 512 g/mol. The van der Waals surface area contributed by atoms with Crippen LogP contribution >= 0.6 is 11.6 Å². The molecule has 4 rings (SSSR count). The van der Waals surface area contributed by atoms with Gasteiger partial charge < -0.3 is 4.57 Å². The van der Waals surface area contributed by atoms with Gasteiger partial charge in [0, 0.05) is 40.8 Å². The van der Waals surface area contributed by atoms with Crippen molar-refractivity contribution in [3.8, 4) is 11.1 Å². The second kappa shape index (κ2) is 8.88. The normalized spacial score (nSPS) is 15.3. The van der Waals surface area contributed by atoms with Crippen molar-refractivity contribution in [3.05, 3.63) is 58.7 Å². The van der Waals surface area contributed by atoms with Gasteiger partial charge >= 0.3 is 6.18 Å². The van der Waals surface area contributed by atoms with Crippen molar-refractivity contribution in [2.24, 2.45) is 5.41 Å². The van der Waals surface area contributed by atoms with Crippen molar-refractivity contribution in [1.29, 1.82) is 0 Å². The third kappa shape index (κ3) is 5.61. The van der Waals surface area contributed by atoms with E-state index < -0.39 is 21.8 Å². The minimum absolute atomic E-state index is 0.0151. The number of fused-ring (bicyclic) bond motifs is 1. The van der Waals surface area contributed by atoms with Crippen molar-refractivity contribution in [1.82, 2.24) is 9.29 Å². The van der Waals surface area contributed by atoms with Gasteiger partial charge in [-0.3, -0.25) is 0 Å². The summed E-state index contributed by atoms with van der Waals surface area (Å²) in [6.07, 6.45) is -0.437. The molecule has 1 aliphatic carbocycles. The molecule has 1 heterocycles. The molecular weight excluding hydrogens is 485 g/mol. The van der Waals surface area contributed by atoms with Gasteiger partial charge in [0.1, 0.15) is 0 Å². The molecule has 3 aromatic rings. The minimum Gasteiger partial charge on any atom is -0.347 e. The van der Waals surface area contributed by atoms with Crippen LogP contribution in [-0.2, 0) is 29.2 Å². The molecule has 1 N–H and O–H groups in total. The van der Waals surface area contributed by atoms with Crippen molar-refractivity contribution < 1.29 is 21.6 Å². The van der Waals surface area contributed by atoms with Gasteiger partial charge in [-0.05, 0) is 54.0 Å². The van der Waals surface area contributed by atoms with Crippen LogP contribution in [0.3, 0.4) is 0 Å². The van der Waals surface area contributed by atoms with E-state index in [1.807, 2.05) is 24.4 Å². The average molecular weight is 513 g/mol. The summed E-state index contributed by atoms with van der Waals surface area (Å²) in [6, 6.07) is 9.10. The van der Waals surface area contributed by atoms with Gasteiger partial charge in [-0.25, -0.2) is 13.1 Å². The summed E-state index contributed by atoms with van der Waals surface area (Å²) in [5.74, 6) is 0. The number of halogens is 4. The lowest BCUT2D eigenvalue weighted by molar-refractivity contribution is -0.137. The third-order valence-electron chi connectivity index (χ3n) is 5.88. The van der Waals surface area contributed by atoms with E-state index in [9.17, 15) is 21.6 Å². The Kier molecular flexibility index (Phi) is 6.55. The van der Waals surface area contributed by atoms with Gasteiger partial charge in [-0.15, -0.1) is 0 Å². The Morgan fingerprint density at radius 1 is 1.09 bits per heavy atom. The second-order valence-electron chi connectivity index (χ2n) is 10.2. The first-order chi connectivity index (χ1) is 15.7. The van der Waals surface area contributed by atoms with E-state index in [2.05, 4.69) is 30.1 Å². The largest absolute Gasteiger partial charge is 0.416 e. The lowest BCUT2D eigenvalue weighted by Gasteiger charge is -2.20. The summed E-state index contributed by atoms with van der Waals surface area (Å²) < 4.78 is 68.3. The number of aromatic nitrogens is 1. The van der Waals surface area contributed by atoms with E-state index in [1.54, 1.807) is 0 Å². The Bertz CT molecular complexity index is 1320. The Morgan fingerprint density at radius 2 is 1.79 bits per heavy atom. The molecule has 4 nitrogen and oxygen atoms in total. The van der Waals surface area contributed by atoms with Gasteiger partial charge in [-0.1, -0.05) is 50.6 Å². The molecule has 0 saturated heterocycles. The fourth-order valence-corrected chi connectivity index (χ4v) is 5.79. The quantitative estimate of drug-likeness (QED) is 0.385. The molecule has 0 atom stereocenters. The summed E-state index contributed by atoms with van der Waals surface area (Å²) >= 11 is 6.24. The number of sulfonamides is 1. The summed E-state index contributed by atoms with van der Waals surface area (Å²) in [4.78, 5) is 0. The number of hydrogen-bond donors (Lipinski definition) is 1. The minimum atomic E-state index is -4.45. The molecule has 0 radical (unpaired) electrons. The van der Waals surface area contributed by atoms with Gasteiger partial charge in [0.25, 0.3) is 0 Å². The molecule has 0 bridgehead atoms. The summed E-state index contributed by atoms with van der Waals surface area (Å²) in [5, 5.41) is 0.769. The van der Waals surface area contributed by atoms with Crippen LogP contribution < -0.4 is 4.72 Å². The average Bonchev–Trinajstić information content (AvgIpc) is 3.52. The van der Waals surface area contributed by atoms with E-state index in [0.29, 0.717) is 18.5 Å². The molecule has 9 heteroatoms. The van der Waals surface area contributed by atoms with Crippen molar-refractivity contribution in [2.75, 3.05) is 6.54 Å². The Balaban J connectivity index is 1.68. The van der Waals surface area contributed by atoms with Crippen LogP contribution in [0.1, 0.15) is 44.7 Å². The van der Waals surface area contributed by atoms with Crippen LogP contribution in [0.25, 0.3) is 22.0 Å². The number of nitrogens with one attached hydrogen (secondary N) is 1. The molecule has 1 aliphatic rings. The van der Waals surface area contributed by atoms with Crippen LogP contribution in [0.15, 0.2) is 42.6 Å². The van der Waals surface area contributed by atoms with Crippen molar-refractivity contribution in [3.63, 3.8) is 0 Å². The number of rotatable bonds is 7. The third-order valence-corrected chi connectivity index (χ3v) is 8.15. The summed E-state index contributed by atoms with van der Waals surface area (Å²) in [5.41, 5.74) is 2.40. The molecule has 184 valence electrons. The summed E-state index contributed by atoms with van der Waals surface area (Å²) in [6.45, 7) is 7.41. The van der Waals surface area contributed by atoms with Crippen LogP contribution in [0, 0.1) is 5.41 Å². The Labute approximate surface area is 203 Å². The van der Waals surface area contributed by atoms with Gasteiger partial charge in [0.15, 0.2) is 0 Å². The highest BCUT2D eigenvalue weighted by molar-refractivity contribution is 7.90. The van der Waals surface area contributed by atoms with Gasteiger partial charge in [-0.2, -0.15) is 13.2 Å². The van der Waals surface area contributed by atoms with Gasteiger partial charge in [0.2, 0.25) is 10.0 Å². The first kappa shape index (κ1) is 25.1. The molecule has 0 unspecified atom stereocenters. The Hall–Kier alpha value is -2.03. The molecular formula is C25H28ClF3N2O2S. The van der Waals surface area contributed by atoms with Crippen LogP contribution in [-0.4, -0.2) is 24.8 Å². The SMILES string of the molecule is CC(C)(C)Cn1cc(CCNS(=O)(=O)C2CC2)c2ccc(-c3ccc(C(F)(F)F)cc3Cl)cc21. The second-order valence-corrected chi connectivity index (χ2v) is 12.6. The fraction of sp³-hybridized carbons (Fsp3) is 0.440. The smallest absolute Gasteiger partial charge is 0.347 e. The molecule has 34 heavy (non-hydrogen) atoms. The molecule has 0 amide bonds. The van der Waals surface area contributed by atoms with Crippen molar-refractivity contribution in [2.45, 2.75) is 58.0 Å². The Morgan fingerprint density at radius 3 is 2.38 bits per heavy atom. The molecule has 2 aromatic carbocycles. The van der Waals surface area contributed by atoms with Crippen LogP contribution in [0.5, 0.6) is 0 Å². The maximum atomic E-state index is 13.0. The van der Waals surface area contributed by atoms with E-state index in [0.717, 1.165) is 53.5 Å². The maximum Gasteiger partial charge on any atom is 0.416 e.